The zero-order valence-corrected chi connectivity index (χ0v) is 41.8. The number of aromatic nitrogens is 9. The van der Waals surface area contributed by atoms with E-state index in [0.717, 1.165) is 19.3 Å². The molecule has 0 saturated carbocycles. The fourth-order valence-electron chi connectivity index (χ4n) is 8.10. The number of rotatable bonds is 32. The first-order valence-corrected chi connectivity index (χ1v) is 24.9. The number of carboxylic acids is 1. The molecule has 0 radical (unpaired) electrons. The summed E-state index contributed by atoms with van der Waals surface area (Å²) in [5.41, 5.74) is 30.8. The van der Waals surface area contributed by atoms with Gasteiger partial charge in [0.2, 0.25) is 29.7 Å². The van der Waals surface area contributed by atoms with Gasteiger partial charge in [-0.2, -0.15) is 15.0 Å². The number of nitrogens with two attached hydrogens (primary N) is 5. The standard InChI is InChI=1S/C45H76N20O7/c1-4-24-70-26-28-72-29-27-71-25-15-52-43-53-44(62-20-16-60(17-21-62)40(68)36(10-8-14-51-42(49)50)65-31-35(57-59-65)39(48)32(3)5-2)55-45(54-43)63-22-18-61(19-23-63)41(69)37(11-12-38(66)67)64-30-34(56-58-64)33(47)9-6-7-13-46/h1,30-33,36-37,39H,5-29,46-48H2,2-3H3,(H,66,67)(H4,49,50,51)(H,52,53,54,55)/t32-,33-,36-,37-,39?/m0/s1. The average molecular weight is 1010 g/mol. The van der Waals surface area contributed by atoms with Crippen LogP contribution in [0.2, 0.25) is 0 Å². The van der Waals surface area contributed by atoms with E-state index < -0.39 is 24.1 Å². The number of nitrogens with one attached hydrogen (secondary N) is 1. The summed E-state index contributed by atoms with van der Waals surface area (Å²) in [6, 6.07) is -2.27. The number of hydrogen-bond donors (Lipinski definition) is 7. The molecule has 72 heavy (non-hydrogen) atoms. The molecule has 0 aromatic carbocycles. The Morgan fingerprint density at radius 2 is 1.33 bits per heavy atom. The van der Waals surface area contributed by atoms with Crippen LogP contribution < -0.4 is 43.8 Å². The molecule has 0 aliphatic carbocycles. The molecule has 5 rings (SSSR count). The maximum Gasteiger partial charge on any atom is 0.303 e. The van der Waals surface area contributed by atoms with Crippen molar-refractivity contribution >= 4 is 41.6 Å². The topological polar surface area (TPSA) is 367 Å². The minimum Gasteiger partial charge on any atom is -0.481 e. The molecule has 0 spiro atoms. The summed E-state index contributed by atoms with van der Waals surface area (Å²) >= 11 is 0. The first-order chi connectivity index (χ1) is 34.8. The molecule has 5 heterocycles. The van der Waals surface area contributed by atoms with E-state index in [1.807, 2.05) is 14.7 Å². The molecule has 12 N–H and O–H groups in total. The molecule has 27 nitrogen and oxygen atoms in total. The fourth-order valence-corrected chi connectivity index (χ4v) is 8.10. The van der Waals surface area contributed by atoms with Gasteiger partial charge in [-0.15, -0.1) is 16.6 Å². The Morgan fingerprint density at radius 1 is 0.778 bits per heavy atom. The van der Waals surface area contributed by atoms with E-state index >= 15 is 0 Å². The number of ether oxygens (including phenoxy) is 3. The van der Waals surface area contributed by atoms with E-state index in [-0.39, 0.29) is 49.2 Å². The average Bonchev–Trinajstić information content (AvgIpc) is 4.09. The number of aliphatic imine (C=N–C) groups is 1. The number of piperazine rings is 2. The number of guanidine groups is 1. The summed E-state index contributed by atoms with van der Waals surface area (Å²) in [6.07, 6.45) is 12.5. The van der Waals surface area contributed by atoms with Crippen molar-refractivity contribution in [3.63, 3.8) is 0 Å². The highest BCUT2D eigenvalue weighted by Gasteiger charge is 2.34. The number of carboxylic acid groups (broad SMARTS) is 1. The summed E-state index contributed by atoms with van der Waals surface area (Å²) in [7, 11) is 0. The Labute approximate surface area is 420 Å². The van der Waals surface area contributed by atoms with Crippen LogP contribution >= 0.6 is 0 Å². The highest BCUT2D eigenvalue weighted by Crippen LogP contribution is 2.26. The van der Waals surface area contributed by atoms with Gasteiger partial charge in [0, 0.05) is 71.9 Å². The van der Waals surface area contributed by atoms with Crippen molar-refractivity contribution in [2.45, 2.75) is 89.4 Å². The lowest BCUT2D eigenvalue weighted by atomic mass is 9.98. The van der Waals surface area contributed by atoms with Crippen molar-refractivity contribution in [1.29, 1.82) is 0 Å². The van der Waals surface area contributed by atoms with Crippen LogP contribution in [0.4, 0.5) is 17.8 Å². The third-order valence-electron chi connectivity index (χ3n) is 12.6. The van der Waals surface area contributed by atoms with Crippen molar-refractivity contribution in [3.8, 4) is 12.3 Å². The molecule has 2 amide bonds. The number of amides is 2. The SMILES string of the molecule is C#CCOCCOCCOCCNc1nc(N2CCN(C(=O)[C@H](CCCN=C(N)N)n3cc(C(N)[C@@H](C)CC)nn3)CC2)nc(N2CCN(C(=O)[C@H](CCC(=O)O)n3cc([C@@H](N)CCCCN)nn3)CC2)n1. The number of carbonyl (C=O) groups excluding carboxylic acids is 2. The molecule has 2 fully saturated rings. The van der Waals surface area contributed by atoms with Crippen LogP contribution in [-0.4, -0.2) is 195 Å². The molecule has 27 heteroatoms. The van der Waals surface area contributed by atoms with Gasteiger partial charge < -0.3 is 72.9 Å². The molecule has 2 aliphatic rings. The van der Waals surface area contributed by atoms with Gasteiger partial charge in [-0.05, 0) is 44.6 Å². The van der Waals surface area contributed by atoms with Gasteiger partial charge in [0.25, 0.3) is 0 Å². The molecular weight excluding hydrogens is 933 g/mol. The molecule has 1 unspecified atom stereocenters. The summed E-state index contributed by atoms with van der Waals surface area (Å²) in [6.45, 7) is 10.5. The second kappa shape index (κ2) is 29.9. The van der Waals surface area contributed by atoms with Crippen molar-refractivity contribution in [2.24, 2.45) is 39.6 Å². The van der Waals surface area contributed by atoms with E-state index in [1.165, 1.54) is 4.68 Å². The molecule has 5 atom stereocenters. The lowest BCUT2D eigenvalue weighted by Crippen LogP contribution is -2.52. The summed E-state index contributed by atoms with van der Waals surface area (Å²) < 4.78 is 19.5. The highest BCUT2D eigenvalue weighted by atomic mass is 16.5. The number of carbonyl (C=O) groups is 3. The summed E-state index contributed by atoms with van der Waals surface area (Å²) in [5.74, 6) is 2.30. The van der Waals surface area contributed by atoms with Crippen molar-refractivity contribution < 1.29 is 33.7 Å². The monoisotopic (exact) mass is 1010 g/mol. The summed E-state index contributed by atoms with van der Waals surface area (Å²) in [4.78, 5) is 66.3. The third-order valence-corrected chi connectivity index (χ3v) is 12.6. The Hall–Kier alpha value is -6.31. The zero-order valence-electron chi connectivity index (χ0n) is 41.8. The number of aliphatic carboxylic acids is 1. The van der Waals surface area contributed by atoms with Crippen LogP contribution in [0.5, 0.6) is 0 Å². The maximum atomic E-state index is 14.3. The smallest absolute Gasteiger partial charge is 0.303 e. The Morgan fingerprint density at radius 3 is 1.89 bits per heavy atom. The highest BCUT2D eigenvalue weighted by molar-refractivity contribution is 5.82. The Kier molecular flexibility index (Phi) is 23.5. The van der Waals surface area contributed by atoms with Crippen molar-refractivity contribution in [3.05, 3.63) is 23.8 Å². The number of anilines is 3. The van der Waals surface area contributed by atoms with Gasteiger partial charge in [0.1, 0.15) is 18.7 Å². The van der Waals surface area contributed by atoms with E-state index in [9.17, 15) is 19.5 Å². The lowest BCUT2D eigenvalue weighted by molar-refractivity contribution is -0.139. The molecule has 3 aromatic rings. The van der Waals surface area contributed by atoms with Crippen molar-refractivity contribution in [2.75, 3.05) is 127 Å². The zero-order chi connectivity index (χ0) is 51.8. The molecule has 2 aliphatic heterocycles. The molecule has 0 bridgehead atoms. The fraction of sp³-hybridized carbons (Fsp3) is 0.711. The summed E-state index contributed by atoms with van der Waals surface area (Å²) in [5, 5.41) is 30.0. The minimum absolute atomic E-state index is 0.0181. The molecular formula is C45H76N20O7. The van der Waals surface area contributed by atoms with Crippen LogP contribution in [0.3, 0.4) is 0 Å². The number of hydrogen-bond acceptors (Lipinski definition) is 20. The van der Waals surface area contributed by atoms with Crippen LogP contribution in [0, 0.1) is 18.3 Å². The van der Waals surface area contributed by atoms with E-state index in [1.54, 1.807) is 22.0 Å². The van der Waals surface area contributed by atoms with E-state index in [0.29, 0.717) is 154 Å². The van der Waals surface area contributed by atoms with Crippen LogP contribution in [0.1, 0.15) is 101 Å². The molecule has 398 valence electrons. The number of terminal acetylenes is 1. The number of nitrogens with zero attached hydrogens (tertiary/aromatic N) is 14. The van der Waals surface area contributed by atoms with Gasteiger partial charge in [0.15, 0.2) is 5.96 Å². The second-order valence-corrected chi connectivity index (χ2v) is 17.8. The predicted octanol–water partition coefficient (Wildman–Crippen LogP) is -0.978. The second-order valence-electron chi connectivity index (χ2n) is 17.8. The minimum atomic E-state index is -1.03. The maximum absolute atomic E-state index is 14.3. The quantitative estimate of drug-likeness (QED) is 0.0171. The van der Waals surface area contributed by atoms with Gasteiger partial charge in [-0.1, -0.05) is 43.0 Å². The molecule has 3 aromatic heterocycles. The van der Waals surface area contributed by atoms with E-state index in [4.69, 9.17) is 64.3 Å². The predicted molar refractivity (Wildman–Crippen MR) is 268 cm³/mol. The van der Waals surface area contributed by atoms with Gasteiger partial charge in [-0.25, -0.2) is 9.36 Å². The van der Waals surface area contributed by atoms with Crippen LogP contribution in [-0.2, 0) is 28.6 Å². The van der Waals surface area contributed by atoms with Crippen LogP contribution in [0.15, 0.2) is 17.4 Å². The Balaban J connectivity index is 1.27. The third kappa shape index (κ3) is 17.5. The molecule has 2 saturated heterocycles. The van der Waals surface area contributed by atoms with Crippen molar-refractivity contribution in [1.82, 2.24) is 54.7 Å². The van der Waals surface area contributed by atoms with E-state index in [2.05, 4.69) is 50.7 Å². The van der Waals surface area contributed by atoms with Gasteiger partial charge in [-0.3, -0.25) is 19.4 Å². The number of unbranched alkanes of at least 4 members (excludes halogenated alkanes) is 1. The normalized spacial score (nSPS) is 16.2. The lowest BCUT2D eigenvalue weighted by Gasteiger charge is -2.38. The Bertz CT molecular complexity index is 2180. The first-order valence-electron chi connectivity index (χ1n) is 24.9. The first kappa shape index (κ1) is 56.6. The van der Waals surface area contributed by atoms with Gasteiger partial charge >= 0.3 is 5.97 Å². The largest absolute Gasteiger partial charge is 0.481 e. The van der Waals surface area contributed by atoms with Gasteiger partial charge in [0.05, 0.1) is 68.9 Å². The van der Waals surface area contributed by atoms with Crippen LogP contribution in [0.25, 0.3) is 0 Å².